The molecule has 0 aromatic heterocycles. The van der Waals surface area contributed by atoms with Crippen LogP contribution in [0.15, 0.2) is 18.2 Å². The summed E-state index contributed by atoms with van der Waals surface area (Å²) in [6, 6.07) is 6.14. The van der Waals surface area contributed by atoms with E-state index in [9.17, 15) is 9.59 Å². The van der Waals surface area contributed by atoms with Gasteiger partial charge in [0.25, 0.3) is 0 Å². The molecule has 158 valence electrons. The minimum Gasteiger partial charge on any atom is -0.494 e. The lowest BCUT2D eigenvalue weighted by Gasteiger charge is -2.36. The monoisotopic (exact) mass is 411 g/mol. The SMILES string of the molecule is Cc1ccc(OCCCC(=O)N2CCCCC2CNC(=O)CCN)cc1C.Cl. The summed E-state index contributed by atoms with van der Waals surface area (Å²) < 4.78 is 5.77. The quantitative estimate of drug-likeness (QED) is 0.612. The molecule has 1 unspecified atom stereocenters. The van der Waals surface area contributed by atoms with E-state index in [1.165, 1.54) is 11.1 Å². The summed E-state index contributed by atoms with van der Waals surface area (Å²) in [5, 5.41) is 2.90. The molecule has 0 saturated carbocycles. The summed E-state index contributed by atoms with van der Waals surface area (Å²) in [5.74, 6) is 0.956. The van der Waals surface area contributed by atoms with Crippen molar-refractivity contribution in [2.45, 2.75) is 58.4 Å². The Hall–Kier alpha value is -1.79. The number of nitrogens with two attached hydrogens (primary N) is 1. The molecule has 1 aliphatic rings. The minimum atomic E-state index is -0.0442. The van der Waals surface area contributed by atoms with Gasteiger partial charge in [-0.15, -0.1) is 12.4 Å². The Kier molecular flexibility index (Phi) is 10.9. The highest BCUT2D eigenvalue weighted by Crippen LogP contribution is 2.19. The standard InChI is InChI=1S/C21H33N3O3.ClH/c1-16-8-9-19(14-17(16)2)27-13-5-7-21(26)24-12-4-3-6-18(24)15-23-20(25)10-11-22;/h8-9,14,18H,3-7,10-13,15,22H2,1-2H3,(H,23,25);1H. The molecule has 6 nitrogen and oxygen atoms in total. The average molecular weight is 412 g/mol. The fraction of sp³-hybridized carbons (Fsp3) is 0.619. The van der Waals surface area contributed by atoms with Crippen LogP contribution in [-0.2, 0) is 9.59 Å². The molecule has 1 heterocycles. The van der Waals surface area contributed by atoms with E-state index in [2.05, 4.69) is 19.2 Å². The normalized spacial score (nSPS) is 16.2. The molecule has 1 aliphatic heterocycles. The van der Waals surface area contributed by atoms with E-state index in [1.54, 1.807) is 0 Å². The van der Waals surface area contributed by atoms with Crippen molar-refractivity contribution in [2.24, 2.45) is 5.73 Å². The third kappa shape index (κ3) is 7.68. The molecule has 1 aromatic carbocycles. The van der Waals surface area contributed by atoms with E-state index in [4.69, 9.17) is 10.5 Å². The molecule has 7 heteroatoms. The van der Waals surface area contributed by atoms with Crippen LogP contribution < -0.4 is 15.8 Å². The second-order valence-electron chi connectivity index (χ2n) is 7.28. The molecule has 28 heavy (non-hydrogen) atoms. The molecular formula is C21H34ClN3O3. The Morgan fingerprint density at radius 1 is 1.21 bits per heavy atom. The molecule has 3 N–H and O–H groups in total. The van der Waals surface area contributed by atoms with E-state index in [-0.39, 0.29) is 30.3 Å². The molecule has 0 radical (unpaired) electrons. The van der Waals surface area contributed by atoms with Gasteiger partial charge in [-0.3, -0.25) is 9.59 Å². The fourth-order valence-corrected chi connectivity index (χ4v) is 3.35. The number of aryl methyl sites for hydroxylation is 2. The number of likely N-dealkylation sites (tertiary alicyclic amines) is 1. The van der Waals surface area contributed by atoms with Gasteiger partial charge in [0.2, 0.25) is 11.8 Å². The zero-order chi connectivity index (χ0) is 19.6. The molecule has 1 fully saturated rings. The first-order chi connectivity index (χ1) is 13.0. The summed E-state index contributed by atoms with van der Waals surface area (Å²) in [5.41, 5.74) is 7.85. The van der Waals surface area contributed by atoms with Crippen LogP contribution in [0.2, 0.25) is 0 Å². The van der Waals surface area contributed by atoms with E-state index in [0.29, 0.717) is 39.0 Å². The lowest BCUT2D eigenvalue weighted by molar-refractivity contribution is -0.135. The maximum absolute atomic E-state index is 12.6. The number of amides is 2. The first-order valence-corrected chi connectivity index (χ1v) is 9.97. The number of hydrogen-bond acceptors (Lipinski definition) is 4. The lowest BCUT2D eigenvalue weighted by Crippen LogP contribution is -2.49. The van der Waals surface area contributed by atoms with Crippen LogP contribution in [0.1, 0.15) is 49.7 Å². The molecule has 0 bridgehead atoms. The van der Waals surface area contributed by atoms with Gasteiger partial charge in [-0.05, 0) is 62.8 Å². The number of benzene rings is 1. The van der Waals surface area contributed by atoms with Gasteiger partial charge in [-0.25, -0.2) is 0 Å². The fourth-order valence-electron chi connectivity index (χ4n) is 3.35. The van der Waals surface area contributed by atoms with Gasteiger partial charge in [-0.2, -0.15) is 0 Å². The molecular weight excluding hydrogens is 378 g/mol. The minimum absolute atomic E-state index is 0. The molecule has 2 amide bonds. The Bertz CT molecular complexity index is 639. The van der Waals surface area contributed by atoms with Crippen LogP contribution in [0, 0.1) is 13.8 Å². The maximum Gasteiger partial charge on any atom is 0.223 e. The zero-order valence-electron chi connectivity index (χ0n) is 17.0. The van der Waals surface area contributed by atoms with E-state index < -0.39 is 0 Å². The van der Waals surface area contributed by atoms with Gasteiger partial charge in [0, 0.05) is 38.5 Å². The van der Waals surface area contributed by atoms with Crippen LogP contribution in [0.5, 0.6) is 5.75 Å². The number of nitrogens with zero attached hydrogens (tertiary/aromatic N) is 1. The van der Waals surface area contributed by atoms with Gasteiger partial charge in [0.05, 0.1) is 6.61 Å². The first-order valence-electron chi connectivity index (χ1n) is 9.97. The van der Waals surface area contributed by atoms with E-state index in [0.717, 1.165) is 31.6 Å². The summed E-state index contributed by atoms with van der Waals surface area (Å²) in [6.07, 6.45) is 4.55. The number of carbonyl (C=O) groups is 2. The largest absolute Gasteiger partial charge is 0.494 e. The highest BCUT2D eigenvalue weighted by Gasteiger charge is 2.26. The number of rotatable bonds is 9. The molecule has 1 saturated heterocycles. The zero-order valence-corrected chi connectivity index (χ0v) is 17.9. The third-order valence-corrected chi connectivity index (χ3v) is 5.14. The Morgan fingerprint density at radius 2 is 2.00 bits per heavy atom. The van der Waals surface area contributed by atoms with Crippen molar-refractivity contribution in [3.05, 3.63) is 29.3 Å². The van der Waals surface area contributed by atoms with Crippen LogP contribution in [-0.4, -0.2) is 49.0 Å². The molecule has 0 spiro atoms. The number of hydrogen-bond donors (Lipinski definition) is 2. The highest BCUT2D eigenvalue weighted by atomic mass is 35.5. The van der Waals surface area contributed by atoms with Crippen molar-refractivity contribution in [2.75, 3.05) is 26.2 Å². The van der Waals surface area contributed by atoms with Gasteiger partial charge < -0.3 is 20.7 Å². The Labute approximate surface area is 174 Å². The number of piperidine rings is 1. The molecule has 2 rings (SSSR count). The van der Waals surface area contributed by atoms with E-state index in [1.807, 2.05) is 23.1 Å². The van der Waals surface area contributed by atoms with Gasteiger partial charge in [-0.1, -0.05) is 6.07 Å². The first kappa shape index (κ1) is 24.2. The third-order valence-electron chi connectivity index (χ3n) is 5.14. The second-order valence-corrected chi connectivity index (χ2v) is 7.28. The second kappa shape index (κ2) is 12.6. The number of halogens is 1. The summed E-state index contributed by atoms with van der Waals surface area (Å²) >= 11 is 0. The molecule has 0 aliphatic carbocycles. The number of carbonyl (C=O) groups excluding carboxylic acids is 2. The highest BCUT2D eigenvalue weighted by molar-refractivity contribution is 5.85. The average Bonchev–Trinajstić information content (AvgIpc) is 2.66. The smallest absolute Gasteiger partial charge is 0.223 e. The Morgan fingerprint density at radius 3 is 2.71 bits per heavy atom. The predicted molar refractivity (Wildman–Crippen MR) is 114 cm³/mol. The van der Waals surface area contributed by atoms with Crippen molar-refractivity contribution in [3.63, 3.8) is 0 Å². The van der Waals surface area contributed by atoms with Crippen LogP contribution >= 0.6 is 12.4 Å². The van der Waals surface area contributed by atoms with Crippen LogP contribution in [0.25, 0.3) is 0 Å². The summed E-state index contributed by atoms with van der Waals surface area (Å²) in [6.45, 7) is 6.30. The maximum atomic E-state index is 12.6. The van der Waals surface area contributed by atoms with Crippen molar-refractivity contribution in [3.8, 4) is 5.75 Å². The van der Waals surface area contributed by atoms with Crippen molar-refractivity contribution >= 4 is 24.2 Å². The van der Waals surface area contributed by atoms with Crippen LogP contribution in [0.4, 0.5) is 0 Å². The van der Waals surface area contributed by atoms with Gasteiger partial charge in [0.15, 0.2) is 0 Å². The summed E-state index contributed by atoms with van der Waals surface area (Å²) in [7, 11) is 0. The van der Waals surface area contributed by atoms with Crippen molar-refractivity contribution in [1.29, 1.82) is 0 Å². The van der Waals surface area contributed by atoms with Crippen LogP contribution in [0.3, 0.4) is 0 Å². The lowest BCUT2D eigenvalue weighted by atomic mass is 10.0. The Balaban J connectivity index is 0.00000392. The van der Waals surface area contributed by atoms with Crippen molar-refractivity contribution in [1.82, 2.24) is 10.2 Å². The number of nitrogens with one attached hydrogen (secondary N) is 1. The van der Waals surface area contributed by atoms with Crippen molar-refractivity contribution < 1.29 is 14.3 Å². The van der Waals surface area contributed by atoms with Gasteiger partial charge in [0.1, 0.15) is 5.75 Å². The summed E-state index contributed by atoms with van der Waals surface area (Å²) in [4.78, 5) is 26.2. The van der Waals surface area contributed by atoms with Gasteiger partial charge >= 0.3 is 0 Å². The van der Waals surface area contributed by atoms with E-state index >= 15 is 0 Å². The molecule has 1 aromatic rings. The predicted octanol–water partition coefficient (Wildman–Crippen LogP) is 2.73. The topological polar surface area (TPSA) is 84.7 Å². The number of ether oxygens (including phenoxy) is 1. The molecule has 1 atom stereocenters.